The van der Waals surface area contributed by atoms with Crippen LogP contribution in [0.15, 0.2) is 16.8 Å². The van der Waals surface area contributed by atoms with Gasteiger partial charge in [0.05, 0.1) is 6.42 Å². The number of rotatable bonds is 4. The minimum atomic E-state index is 0.143. The van der Waals surface area contributed by atoms with Crippen LogP contribution in [-0.4, -0.2) is 25.5 Å². The highest BCUT2D eigenvalue weighted by Crippen LogP contribution is 2.09. The van der Waals surface area contributed by atoms with E-state index in [0.717, 1.165) is 25.2 Å². The number of hydrogen-bond acceptors (Lipinski definition) is 3. The van der Waals surface area contributed by atoms with Crippen LogP contribution in [0.1, 0.15) is 18.4 Å². The predicted octanol–water partition coefficient (Wildman–Crippen LogP) is 1.41. The van der Waals surface area contributed by atoms with Crippen LogP contribution in [0.4, 0.5) is 0 Å². The van der Waals surface area contributed by atoms with Gasteiger partial charge >= 0.3 is 0 Å². The van der Waals surface area contributed by atoms with Gasteiger partial charge in [-0.05, 0) is 54.2 Å². The molecule has 2 rings (SSSR count). The van der Waals surface area contributed by atoms with Gasteiger partial charge in [0.1, 0.15) is 0 Å². The number of carbonyl (C=O) groups excluding carboxylic acids is 1. The van der Waals surface area contributed by atoms with Gasteiger partial charge in [-0.2, -0.15) is 11.3 Å². The lowest BCUT2D eigenvalue weighted by Gasteiger charge is -2.22. The van der Waals surface area contributed by atoms with Crippen LogP contribution in [0.5, 0.6) is 0 Å². The predicted molar refractivity (Wildman–Crippen MR) is 66.6 cm³/mol. The fraction of sp³-hybridized carbons (Fsp3) is 0.583. The normalized spacial score (nSPS) is 20.6. The minimum absolute atomic E-state index is 0.143. The highest BCUT2D eigenvalue weighted by atomic mass is 32.1. The maximum absolute atomic E-state index is 11.6. The summed E-state index contributed by atoms with van der Waals surface area (Å²) in [6, 6.07) is 2.01. The molecule has 0 bridgehead atoms. The Kier molecular flexibility index (Phi) is 4.36. The molecule has 2 heterocycles. The average molecular weight is 238 g/mol. The fourth-order valence-electron chi connectivity index (χ4n) is 2.00. The van der Waals surface area contributed by atoms with E-state index in [-0.39, 0.29) is 5.91 Å². The standard InChI is InChI=1S/C12H18N2OS/c15-12(6-10-3-5-16-9-10)14-8-11-2-1-4-13-7-11/h3,5,9,11,13H,1-2,4,6-8H2,(H,14,15)/t11-/m1/s1. The van der Waals surface area contributed by atoms with E-state index in [0.29, 0.717) is 12.3 Å². The number of hydrogen-bond donors (Lipinski definition) is 2. The van der Waals surface area contributed by atoms with Crippen molar-refractivity contribution in [1.29, 1.82) is 0 Å². The molecule has 1 atom stereocenters. The molecule has 2 N–H and O–H groups in total. The molecule has 0 unspecified atom stereocenters. The third-order valence-electron chi connectivity index (χ3n) is 2.93. The summed E-state index contributed by atoms with van der Waals surface area (Å²) in [7, 11) is 0. The molecule has 0 aromatic carbocycles. The van der Waals surface area contributed by atoms with Gasteiger partial charge in [-0.15, -0.1) is 0 Å². The zero-order valence-electron chi connectivity index (χ0n) is 9.37. The van der Waals surface area contributed by atoms with E-state index in [9.17, 15) is 4.79 Å². The lowest BCUT2D eigenvalue weighted by Crippen LogP contribution is -2.38. The van der Waals surface area contributed by atoms with E-state index in [4.69, 9.17) is 0 Å². The van der Waals surface area contributed by atoms with Crippen LogP contribution >= 0.6 is 11.3 Å². The number of thiophene rings is 1. The Morgan fingerprint density at radius 3 is 3.25 bits per heavy atom. The highest BCUT2D eigenvalue weighted by molar-refractivity contribution is 7.07. The van der Waals surface area contributed by atoms with Crippen molar-refractivity contribution in [2.75, 3.05) is 19.6 Å². The summed E-state index contributed by atoms with van der Waals surface area (Å²) < 4.78 is 0. The summed E-state index contributed by atoms with van der Waals surface area (Å²) in [6.07, 6.45) is 2.97. The molecular formula is C12H18N2OS. The molecule has 0 spiro atoms. The number of piperidine rings is 1. The number of carbonyl (C=O) groups is 1. The Balaban J connectivity index is 1.67. The van der Waals surface area contributed by atoms with E-state index >= 15 is 0 Å². The molecule has 1 saturated heterocycles. The van der Waals surface area contributed by atoms with Crippen LogP contribution in [-0.2, 0) is 11.2 Å². The molecule has 88 valence electrons. The van der Waals surface area contributed by atoms with Gasteiger partial charge in [0, 0.05) is 6.54 Å². The van der Waals surface area contributed by atoms with Gasteiger partial charge in [-0.25, -0.2) is 0 Å². The van der Waals surface area contributed by atoms with E-state index in [1.165, 1.54) is 12.8 Å². The molecule has 0 radical (unpaired) electrons. The Labute approximate surface area is 100 Å². The van der Waals surface area contributed by atoms with Gasteiger partial charge in [-0.3, -0.25) is 4.79 Å². The lowest BCUT2D eigenvalue weighted by atomic mass is 10.00. The van der Waals surface area contributed by atoms with Gasteiger partial charge in [-0.1, -0.05) is 0 Å². The fourth-order valence-corrected chi connectivity index (χ4v) is 2.67. The Morgan fingerprint density at radius 2 is 2.56 bits per heavy atom. The molecule has 16 heavy (non-hydrogen) atoms. The first-order chi connectivity index (χ1) is 7.84. The molecular weight excluding hydrogens is 220 g/mol. The van der Waals surface area contributed by atoms with Crippen molar-refractivity contribution >= 4 is 17.2 Å². The van der Waals surface area contributed by atoms with Crippen molar-refractivity contribution in [3.8, 4) is 0 Å². The lowest BCUT2D eigenvalue weighted by molar-refractivity contribution is -0.120. The number of amides is 1. The van der Waals surface area contributed by atoms with E-state index in [1.54, 1.807) is 11.3 Å². The van der Waals surface area contributed by atoms with Crippen molar-refractivity contribution < 1.29 is 4.79 Å². The third kappa shape index (κ3) is 3.61. The Morgan fingerprint density at radius 1 is 1.62 bits per heavy atom. The molecule has 1 aromatic heterocycles. The number of nitrogens with one attached hydrogen (secondary N) is 2. The first-order valence-corrected chi connectivity index (χ1v) is 6.77. The molecule has 1 aliphatic rings. The zero-order valence-corrected chi connectivity index (χ0v) is 10.2. The Hall–Kier alpha value is -0.870. The van der Waals surface area contributed by atoms with Crippen LogP contribution in [0.25, 0.3) is 0 Å². The summed E-state index contributed by atoms with van der Waals surface area (Å²) in [6.45, 7) is 2.98. The first kappa shape index (κ1) is 11.6. The average Bonchev–Trinajstić information content (AvgIpc) is 2.81. The second kappa shape index (κ2) is 6.01. The van der Waals surface area contributed by atoms with Crippen LogP contribution in [0.3, 0.4) is 0 Å². The molecule has 1 fully saturated rings. The van der Waals surface area contributed by atoms with Crippen LogP contribution in [0, 0.1) is 5.92 Å². The molecule has 3 nitrogen and oxygen atoms in total. The first-order valence-electron chi connectivity index (χ1n) is 5.83. The van der Waals surface area contributed by atoms with Crippen LogP contribution < -0.4 is 10.6 Å². The van der Waals surface area contributed by atoms with Gasteiger partial charge in [0.25, 0.3) is 0 Å². The summed E-state index contributed by atoms with van der Waals surface area (Å²) in [4.78, 5) is 11.6. The minimum Gasteiger partial charge on any atom is -0.355 e. The van der Waals surface area contributed by atoms with Crippen molar-refractivity contribution in [2.45, 2.75) is 19.3 Å². The van der Waals surface area contributed by atoms with Gasteiger partial charge in [0.2, 0.25) is 5.91 Å². The quantitative estimate of drug-likeness (QED) is 0.832. The SMILES string of the molecule is O=C(Cc1ccsc1)NC[C@@H]1CCCNC1. The molecule has 1 aliphatic heterocycles. The molecule has 0 aliphatic carbocycles. The van der Waals surface area contributed by atoms with Crippen molar-refractivity contribution in [3.63, 3.8) is 0 Å². The maximum atomic E-state index is 11.6. The largest absolute Gasteiger partial charge is 0.355 e. The maximum Gasteiger partial charge on any atom is 0.224 e. The summed E-state index contributed by atoms with van der Waals surface area (Å²) in [5.41, 5.74) is 1.12. The van der Waals surface area contributed by atoms with E-state index in [2.05, 4.69) is 10.6 Å². The third-order valence-corrected chi connectivity index (χ3v) is 3.66. The summed E-state index contributed by atoms with van der Waals surface area (Å²) in [5.74, 6) is 0.754. The van der Waals surface area contributed by atoms with Crippen molar-refractivity contribution in [1.82, 2.24) is 10.6 Å². The molecule has 0 saturated carbocycles. The van der Waals surface area contributed by atoms with Crippen molar-refractivity contribution in [2.24, 2.45) is 5.92 Å². The highest BCUT2D eigenvalue weighted by Gasteiger charge is 2.13. The van der Waals surface area contributed by atoms with E-state index in [1.807, 2.05) is 16.8 Å². The van der Waals surface area contributed by atoms with E-state index < -0.39 is 0 Å². The Bertz CT molecular complexity index is 318. The topological polar surface area (TPSA) is 41.1 Å². The zero-order chi connectivity index (χ0) is 11.2. The van der Waals surface area contributed by atoms with Crippen LogP contribution in [0.2, 0.25) is 0 Å². The smallest absolute Gasteiger partial charge is 0.224 e. The van der Waals surface area contributed by atoms with Gasteiger partial charge < -0.3 is 10.6 Å². The second-order valence-corrected chi connectivity index (χ2v) is 5.10. The molecule has 1 amide bonds. The summed E-state index contributed by atoms with van der Waals surface area (Å²) in [5, 5.41) is 10.4. The van der Waals surface area contributed by atoms with Crippen molar-refractivity contribution in [3.05, 3.63) is 22.4 Å². The molecule has 4 heteroatoms. The second-order valence-electron chi connectivity index (χ2n) is 4.32. The summed E-state index contributed by atoms with van der Waals surface area (Å²) >= 11 is 1.64. The van der Waals surface area contributed by atoms with Gasteiger partial charge in [0.15, 0.2) is 0 Å². The monoisotopic (exact) mass is 238 g/mol. The molecule has 1 aromatic rings.